The van der Waals surface area contributed by atoms with Gasteiger partial charge in [0.1, 0.15) is 0 Å². The summed E-state index contributed by atoms with van der Waals surface area (Å²) >= 11 is 4.93. The fourth-order valence-electron chi connectivity index (χ4n) is 1.17. The number of allylic oxidation sites excluding steroid dienone is 1. The Balaban J connectivity index is 0.000000132. The highest BCUT2D eigenvalue weighted by Crippen LogP contribution is 2.00. The van der Waals surface area contributed by atoms with Crippen LogP contribution in [0.25, 0.3) is 0 Å². The summed E-state index contributed by atoms with van der Waals surface area (Å²) in [5, 5.41) is 5.57. The number of nitrogens with one attached hydrogen (secondary N) is 1. The van der Waals surface area contributed by atoms with Crippen LogP contribution in [-0.2, 0) is 17.4 Å². The van der Waals surface area contributed by atoms with Crippen LogP contribution in [0.1, 0.15) is 12.8 Å². The number of ether oxygens (including phenoxy) is 1. The minimum Gasteiger partial charge on any atom is -0.768 e. The summed E-state index contributed by atoms with van der Waals surface area (Å²) in [7, 11) is 0. The van der Waals surface area contributed by atoms with Crippen molar-refractivity contribution in [1.82, 2.24) is 5.32 Å². The van der Waals surface area contributed by atoms with E-state index in [0.29, 0.717) is 0 Å². The van der Waals surface area contributed by atoms with E-state index in [4.69, 9.17) is 17.4 Å². The Kier molecular flexibility index (Phi) is 6.06. The molecule has 0 aromatic rings. The molecule has 0 aromatic carbocycles. The van der Waals surface area contributed by atoms with Crippen molar-refractivity contribution >= 4 is 12.6 Å². The number of hydrogen-bond acceptors (Lipinski definition) is 3. The topological polar surface area (TPSA) is 37.9 Å². The number of quaternary nitrogens is 1. The summed E-state index contributed by atoms with van der Waals surface area (Å²) < 4.78 is 5.04. The van der Waals surface area contributed by atoms with E-state index in [2.05, 4.69) is 16.7 Å². The molecule has 0 bridgehead atoms. The quantitative estimate of drug-likeness (QED) is 0.512. The maximum Gasteiger partial charge on any atom is 0.0993 e. The molecule has 3 N–H and O–H groups in total. The summed E-state index contributed by atoms with van der Waals surface area (Å²) in [5.41, 5.74) is 0. The van der Waals surface area contributed by atoms with Crippen molar-refractivity contribution in [3.8, 4) is 0 Å². The normalized spacial score (nSPS) is 27.0. The van der Waals surface area contributed by atoms with Crippen LogP contribution >= 0.6 is 0 Å². The van der Waals surface area contributed by atoms with Gasteiger partial charge in [-0.2, -0.15) is 0 Å². The molecular formula is C9H18N2OS. The third kappa shape index (κ3) is 5.96. The largest absolute Gasteiger partial charge is 0.768 e. The van der Waals surface area contributed by atoms with E-state index < -0.39 is 0 Å². The number of hydrogen-bond donors (Lipinski definition) is 2. The van der Waals surface area contributed by atoms with Crippen molar-refractivity contribution in [2.45, 2.75) is 18.2 Å². The molecular weight excluding hydrogens is 184 g/mol. The number of rotatable bonds is 0. The zero-order valence-corrected chi connectivity index (χ0v) is 8.69. The first-order valence-electron chi connectivity index (χ1n) is 4.86. The van der Waals surface area contributed by atoms with Gasteiger partial charge in [-0.25, -0.2) is 0 Å². The standard InChI is InChI=1S/C5H9NS.C4H9NO/c7-5-3-1-2-4-6-5;1-3-6-4-2-5-1/h2,4-7H,1,3H2;5H,1-4H2. The van der Waals surface area contributed by atoms with Crippen LogP contribution in [0.3, 0.4) is 0 Å². The first-order chi connectivity index (χ1) is 6.39. The molecule has 2 heterocycles. The zero-order chi connectivity index (χ0) is 9.36. The summed E-state index contributed by atoms with van der Waals surface area (Å²) in [6.45, 7) is 4.19. The molecule has 1 saturated heterocycles. The first-order valence-corrected chi connectivity index (χ1v) is 5.33. The van der Waals surface area contributed by atoms with E-state index in [1.165, 1.54) is 0 Å². The molecule has 0 spiro atoms. The average molecular weight is 202 g/mol. The molecule has 76 valence electrons. The maximum atomic E-state index is 5.04. The smallest absolute Gasteiger partial charge is 0.0993 e. The van der Waals surface area contributed by atoms with Crippen LogP contribution in [0, 0.1) is 0 Å². The Hall–Kier alpha value is -0.190. The maximum absolute atomic E-state index is 5.04. The molecule has 2 rings (SSSR count). The molecule has 13 heavy (non-hydrogen) atoms. The van der Waals surface area contributed by atoms with E-state index in [-0.39, 0.29) is 5.37 Å². The van der Waals surface area contributed by atoms with Crippen molar-refractivity contribution in [3.05, 3.63) is 12.3 Å². The molecule has 1 fully saturated rings. The Morgan fingerprint density at radius 3 is 2.38 bits per heavy atom. The number of morpholine rings is 1. The van der Waals surface area contributed by atoms with Gasteiger partial charge in [-0.1, -0.05) is 17.9 Å². The van der Waals surface area contributed by atoms with Gasteiger partial charge >= 0.3 is 0 Å². The van der Waals surface area contributed by atoms with E-state index in [1.807, 2.05) is 6.20 Å². The fourth-order valence-corrected chi connectivity index (χ4v) is 1.38. The molecule has 4 heteroatoms. The molecule has 1 atom stereocenters. The molecule has 2 aliphatic heterocycles. The monoisotopic (exact) mass is 202 g/mol. The molecule has 0 amide bonds. The number of nitrogens with two attached hydrogens (primary N) is 1. The average Bonchev–Trinajstić information content (AvgIpc) is 2.22. The Bertz CT molecular complexity index is 137. The lowest BCUT2D eigenvalue weighted by Gasteiger charge is -2.25. The van der Waals surface area contributed by atoms with Gasteiger partial charge in [0.05, 0.1) is 26.3 Å². The van der Waals surface area contributed by atoms with Gasteiger partial charge in [0, 0.05) is 0 Å². The van der Waals surface area contributed by atoms with Crippen molar-refractivity contribution < 1.29 is 10.1 Å². The molecule has 3 nitrogen and oxygen atoms in total. The predicted molar refractivity (Wildman–Crippen MR) is 55.1 cm³/mol. The summed E-state index contributed by atoms with van der Waals surface area (Å²) in [5.74, 6) is 0. The van der Waals surface area contributed by atoms with Crippen LogP contribution in [0.15, 0.2) is 12.3 Å². The second kappa shape index (κ2) is 7.24. The summed E-state index contributed by atoms with van der Waals surface area (Å²) in [6, 6.07) is 0. The predicted octanol–water partition coefficient (Wildman–Crippen LogP) is -0.663. The van der Waals surface area contributed by atoms with E-state index in [9.17, 15) is 0 Å². The van der Waals surface area contributed by atoms with Crippen LogP contribution in [-0.4, -0.2) is 31.7 Å². The van der Waals surface area contributed by atoms with Crippen LogP contribution in [0.2, 0.25) is 0 Å². The van der Waals surface area contributed by atoms with E-state index in [0.717, 1.165) is 39.1 Å². The summed E-state index contributed by atoms with van der Waals surface area (Å²) in [6.07, 6.45) is 6.27. The second-order valence-corrected chi connectivity index (χ2v) is 3.68. The lowest BCUT2D eigenvalue weighted by atomic mass is 10.2. The van der Waals surface area contributed by atoms with Gasteiger partial charge in [0.2, 0.25) is 0 Å². The van der Waals surface area contributed by atoms with Crippen molar-refractivity contribution in [2.75, 3.05) is 26.3 Å². The Morgan fingerprint density at radius 1 is 1.38 bits per heavy atom. The fraction of sp³-hybridized carbons (Fsp3) is 0.778. The molecule has 2 aliphatic rings. The van der Waals surface area contributed by atoms with Crippen LogP contribution in [0.5, 0.6) is 0 Å². The van der Waals surface area contributed by atoms with Gasteiger partial charge < -0.3 is 28.0 Å². The van der Waals surface area contributed by atoms with Gasteiger partial charge in [0.25, 0.3) is 0 Å². The Morgan fingerprint density at radius 2 is 2.15 bits per heavy atom. The van der Waals surface area contributed by atoms with Gasteiger partial charge in [0.15, 0.2) is 0 Å². The van der Waals surface area contributed by atoms with E-state index >= 15 is 0 Å². The molecule has 0 aliphatic carbocycles. The third-order valence-corrected chi connectivity index (χ3v) is 2.30. The lowest BCUT2D eigenvalue weighted by molar-refractivity contribution is -0.670. The van der Waals surface area contributed by atoms with Gasteiger partial charge in [-0.3, -0.25) is 0 Å². The molecule has 0 saturated carbocycles. The van der Waals surface area contributed by atoms with Gasteiger partial charge in [-0.15, -0.1) is 0 Å². The van der Waals surface area contributed by atoms with E-state index in [1.54, 1.807) is 0 Å². The summed E-state index contributed by atoms with van der Waals surface area (Å²) in [4.78, 5) is 0. The van der Waals surface area contributed by atoms with Crippen molar-refractivity contribution in [1.29, 1.82) is 0 Å². The highest BCUT2D eigenvalue weighted by molar-refractivity contribution is 7.59. The van der Waals surface area contributed by atoms with Crippen molar-refractivity contribution in [3.63, 3.8) is 0 Å². The second-order valence-electron chi connectivity index (χ2n) is 3.11. The lowest BCUT2D eigenvalue weighted by Crippen LogP contribution is -2.87. The molecule has 1 unspecified atom stereocenters. The highest BCUT2D eigenvalue weighted by atomic mass is 32.1. The minimum atomic E-state index is 0.282. The zero-order valence-electron chi connectivity index (χ0n) is 7.87. The minimum absolute atomic E-state index is 0.282. The van der Waals surface area contributed by atoms with Gasteiger partial charge in [-0.05, 0) is 12.6 Å². The molecule has 0 radical (unpaired) electrons. The van der Waals surface area contributed by atoms with Crippen LogP contribution in [0.4, 0.5) is 0 Å². The SMILES string of the molecule is C1COCC[NH2+]1.[S-]C1CCC=CN1. The molecule has 0 aromatic heterocycles. The third-order valence-electron chi connectivity index (χ3n) is 1.93. The highest BCUT2D eigenvalue weighted by Gasteiger charge is 1.96. The van der Waals surface area contributed by atoms with Crippen molar-refractivity contribution in [2.24, 2.45) is 0 Å². The Labute approximate surface area is 85.3 Å². The van der Waals surface area contributed by atoms with Crippen LogP contribution < -0.4 is 10.6 Å². The first kappa shape index (κ1) is 10.9.